The van der Waals surface area contributed by atoms with Crippen molar-refractivity contribution in [2.24, 2.45) is 0 Å². The van der Waals surface area contributed by atoms with Crippen LogP contribution in [0.25, 0.3) is 0 Å². The van der Waals surface area contributed by atoms with Gasteiger partial charge in [0.1, 0.15) is 12.4 Å². The Hall–Kier alpha value is -1.42. The standard InChI is InChI=1S/C13H18FNO2/c1-3-13(9-17-10(2)16)15-8-11-4-6-12(14)7-5-11/h4-7,13,15H,3,8-9H2,1-2H3. The van der Waals surface area contributed by atoms with Crippen LogP contribution in [-0.2, 0) is 16.1 Å². The molecule has 0 saturated carbocycles. The summed E-state index contributed by atoms with van der Waals surface area (Å²) in [6.45, 7) is 4.42. The van der Waals surface area contributed by atoms with Gasteiger partial charge >= 0.3 is 5.97 Å². The molecule has 1 aromatic rings. The second kappa shape index (κ2) is 7.01. The Morgan fingerprint density at radius 2 is 2.06 bits per heavy atom. The van der Waals surface area contributed by atoms with Crippen molar-refractivity contribution >= 4 is 5.97 Å². The molecular formula is C13H18FNO2. The van der Waals surface area contributed by atoms with Gasteiger partial charge in [-0.25, -0.2) is 4.39 Å². The van der Waals surface area contributed by atoms with E-state index in [9.17, 15) is 9.18 Å². The molecule has 0 aliphatic carbocycles. The Bertz CT molecular complexity index is 351. The molecule has 0 saturated heterocycles. The number of nitrogens with one attached hydrogen (secondary N) is 1. The first-order valence-electron chi connectivity index (χ1n) is 5.73. The SMILES string of the molecule is CCC(COC(C)=O)NCc1ccc(F)cc1. The number of carbonyl (C=O) groups is 1. The number of hydrogen-bond donors (Lipinski definition) is 1. The summed E-state index contributed by atoms with van der Waals surface area (Å²) >= 11 is 0. The third-order valence-corrected chi connectivity index (χ3v) is 2.49. The van der Waals surface area contributed by atoms with Crippen molar-refractivity contribution in [1.29, 1.82) is 0 Å². The molecule has 0 radical (unpaired) electrons. The minimum Gasteiger partial charge on any atom is -0.464 e. The summed E-state index contributed by atoms with van der Waals surface area (Å²) in [5.74, 6) is -0.507. The van der Waals surface area contributed by atoms with Crippen LogP contribution < -0.4 is 5.32 Å². The molecular weight excluding hydrogens is 221 g/mol. The van der Waals surface area contributed by atoms with Gasteiger partial charge in [-0.2, -0.15) is 0 Å². The van der Waals surface area contributed by atoms with Gasteiger partial charge in [0, 0.05) is 19.5 Å². The van der Waals surface area contributed by atoms with Crippen LogP contribution in [0.2, 0.25) is 0 Å². The molecule has 94 valence electrons. The summed E-state index contributed by atoms with van der Waals surface area (Å²) in [5, 5.41) is 3.26. The van der Waals surface area contributed by atoms with Crippen molar-refractivity contribution in [2.75, 3.05) is 6.61 Å². The number of benzene rings is 1. The van der Waals surface area contributed by atoms with Crippen LogP contribution in [0.5, 0.6) is 0 Å². The van der Waals surface area contributed by atoms with Gasteiger partial charge in [-0.15, -0.1) is 0 Å². The van der Waals surface area contributed by atoms with Crippen molar-refractivity contribution < 1.29 is 13.9 Å². The highest BCUT2D eigenvalue weighted by molar-refractivity contribution is 5.65. The van der Waals surface area contributed by atoms with Gasteiger partial charge in [-0.3, -0.25) is 4.79 Å². The summed E-state index contributed by atoms with van der Waals surface area (Å²) in [5.41, 5.74) is 1.01. The molecule has 1 atom stereocenters. The van der Waals surface area contributed by atoms with Crippen LogP contribution in [0.1, 0.15) is 25.8 Å². The van der Waals surface area contributed by atoms with Gasteiger partial charge in [-0.05, 0) is 24.1 Å². The average molecular weight is 239 g/mol. The van der Waals surface area contributed by atoms with Crippen molar-refractivity contribution in [3.05, 3.63) is 35.6 Å². The molecule has 0 heterocycles. The molecule has 0 aliphatic heterocycles. The number of esters is 1. The van der Waals surface area contributed by atoms with E-state index in [0.29, 0.717) is 13.2 Å². The number of carbonyl (C=O) groups excluding carboxylic acids is 1. The fraction of sp³-hybridized carbons (Fsp3) is 0.462. The molecule has 0 aliphatic rings. The Morgan fingerprint density at radius 3 is 2.59 bits per heavy atom. The molecule has 3 nitrogen and oxygen atoms in total. The Labute approximate surface area is 101 Å². The Kier molecular flexibility index (Phi) is 5.63. The third kappa shape index (κ3) is 5.45. The fourth-order valence-electron chi connectivity index (χ4n) is 1.40. The van der Waals surface area contributed by atoms with E-state index in [1.54, 1.807) is 12.1 Å². The summed E-state index contributed by atoms with van der Waals surface area (Å²) in [4.78, 5) is 10.7. The van der Waals surface area contributed by atoms with Crippen LogP contribution in [0.15, 0.2) is 24.3 Å². The molecule has 1 aromatic carbocycles. The first-order valence-corrected chi connectivity index (χ1v) is 5.73. The normalized spacial score (nSPS) is 12.2. The molecule has 0 amide bonds. The Morgan fingerprint density at radius 1 is 1.41 bits per heavy atom. The molecule has 1 N–H and O–H groups in total. The minimum absolute atomic E-state index is 0.129. The van der Waals surface area contributed by atoms with E-state index in [-0.39, 0.29) is 17.8 Å². The van der Waals surface area contributed by atoms with E-state index in [4.69, 9.17) is 4.74 Å². The molecule has 4 heteroatoms. The molecule has 1 rings (SSSR count). The van der Waals surface area contributed by atoms with Gasteiger partial charge in [0.05, 0.1) is 0 Å². The highest BCUT2D eigenvalue weighted by Crippen LogP contribution is 2.03. The molecule has 1 unspecified atom stereocenters. The van der Waals surface area contributed by atoms with Gasteiger partial charge in [0.2, 0.25) is 0 Å². The fourth-order valence-corrected chi connectivity index (χ4v) is 1.40. The van der Waals surface area contributed by atoms with E-state index in [2.05, 4.69) is 5.32 Å². The van der Waals surface area contributed by atoms with Crippen LogP contribution in [0.3, 0.4) is 0 Å². The molecule has 17 heavy (non-hydrogen) atoms. The van der Waals surface area contributed by atoms with E-state index >= 15 is 0 Å². The zero-order valence-electron chi connectivity index (χ0n) is 10.2. The van der Waals surface area contributed by atoms with Crippen molar-refractivity contribution in [3.63, 3.8) is 0 Å². The quantitative estimate of drug-likeness (QED) is 0.774. The molecule has 0 bridgehead atoms. The lowest BCUT2D eigenvalue weighted by molar-refractivity contribution is -0.141. The zero-order chi connectivity index (χ0) is 12.7. The second-order valence-electron chi connectivity index (χ2n) is 3.92. The lowest BCUT2D eigenvalue weighted by Gasteiger charge is -2.16. The summed E-state index contributed by atoms with van der Waals surface area (Å²) in [6, 6.07) is 6.47. The van der Waals surface area contributed by atoms with E-state index < -0.39 is 0 Å². The maximum atomic E-state index is 12.7. The number of rotatable bonds is 6. The predicted molar refractivity (Wildman–Crippen MR) is 64.0 cm³/mol. The summed E-state index contributed by atoms with van der Waals surface area (Å²) in [6.07, 6.45) is 0.870. The number of halogens is 1. The van der Waals surface area contributed by atoms with Crippen LogP contribution in [0.4, 0.5) is 4.39 Å². The van der Waals surface area contributed by atoms with Crippen molar-refractivity contribution in [3.8, 4) is 0 Å². The van der Waals surface area contributed by atoms with E-state index in [1.165, 1.54) is 19.1 Å². The van der Waals surface area contributed by atoms with Gasteiger partial charge in [-0.1, -0.05) is 19.1 Å². The van der Waals surface area contributed by atoms with Gasteiger partial charge < -0.3 is 10.1 Å². The average Bonchev–Trinajstić information content (AvgIpc) is 2.31. The van der Waals surface area contributed by atoms with Crippen molar-refractivity contribution in [2.45, 2.75) is 32.9 Å². The van der Waals surface area contributed by atoms with Crippen LogP contribution in [-0.4, -0.2) is 18.6 Å². The number of ether oxygens (including phenoxy) is 1. The van der Waals surface area contributed by atoms with Crippen molar-refractivity contribution in [1.82, 2.24) is 5.32 Å². The topological polar surface area (TPSA) is 38.3 Å². The lowest BCUT2D eigenvalue weighted by Crippen LogP contribution is -2.33. The van der Waals surface area contributed by atoms with Gasteiger partial charge in [0.25, 0.3) is 0 Å². The second-order valence-corrected chi connectivity index (χ2v) is 3.92. The van der Waals surface area contributed by atoms with Crippen LogP contribution >= 0.6 is 0 Å². The first-order chi connectivity index (χ1) is 8.11. The monoisotopic (exact) mass is 239 g/mol. The summed E-state index contributed by atoms with van der Waals surface area (Å²) in [7, 11) is 0. The third-order valence-electron chi connectivity index (χ3n) is 2.49. The maximum absolute atomic E-state index is 12.7. The summed E-state index contributed by atoms with van der Waals surface area (Å²) < 4.78 is 17.6. The highest BCUT2D eigenvalue weighted by Gasteiger charge is 2.07. The number of hydrogen-bond acceptors (Lipinski definition) is 3. The molecule has 0 spiro atoms. The lowest BCUT2D eigenvalue weighted by atomic mass is 10.2. The van der Waals surface area contributed by atoms with E-state index in [1.807, 2.05) is 6.92 Å². The zero-order valence-corrected chi connectivity index (χ0v) is 10.2. The largest absolute Gasteiger partial charge is 0.464 e. The predicted octanol–water partition coefficient (Wildman–Crippen LogP) is 2.26. The van der Waals surface area contributed by atoms with Crippen LogP contribution in [0, 0.1) is 5.82 Å². The molecule has 0 fully saturated rings. The minimum atomic E-state index is -0.271. The first kappa shape index (κ1) is 13.6. The van der Waals surface area contributed by atoms with Gasteiger partial charge in [0.15, 0.2) is 0 Å². The highest BCUT2D eigenvalue weighted by atomic mass is 19.1. The smallest absolute Gasteiger partial charge is 0.302 e. The Balaban J connectivity index is 2.36. The maximum Gasteiger partial charge on any atom is 0.302 e. The molecule has 0 aromatic heterocycles. The van der Waals surface area contributed by atoms with E-state index in [0.717, 1.165) is 12.0 Å².